The van der Waals surface area contributed by atoms with Crippen LogP contribution in [0.3, 0.4) is 0 Å². The quantitative estimate of drug-likeness (QED) is 0.221. The van der Waals surface area contributed by atoms with Gasteiger partial charge in [0, 0.05) is 18.6 Å². The molecule has 1 aliphatic heterocycles. The number of piperidine rings is 1. The van der Waals surface area contributed by atoms with E-state index in [2.05, 4.69) is 16.0 Å². The van der Waals surface area contributed by atoms with Crippen molar-refractivity contribution in [3.63, 3.8) is 0 Å². The summed E-state index contributed by atoms with van der Waals surface area (Å²) in [6.07, 6.45) is 0.704. The first-order valence-corrected chi connectivity index (χ1v) is 9.82. The van der Waals surface area contributed by atoms with Gasteiger partial charge in [-0.05, 0) is 32.6 Å². The third kappa shape index (κ3) is 7.76. The molecule has 0 aliphatic carbocycles. The van der Waals surface area contributed by atoms with Gasteiger partial charge in [-0.3, -0.25) is 15.0 Å². The average molecular weight is 415 g/mol. The summed E-state index contributed by atoms with van der Waals surface area (Å²) in [6, 6.07) is -2.47. The lowest BCUT2D eigenvalue weighted by molar-refractivity contribution is -0.130. The lowest BCUT2D eigenvalue weighted by Gasteiger charge is -2.40. The molecule has 11 heteroatoms. The van der Waals surface area contributed by atoms with Crippen LogP contribution in [-0.2, 0) is 14.3 Å². The first-order chi connectivity index (χ1) is 13.6. The van der Waals surface area contributed by atoms with Crippen molar-refractivity contribution < 1.29 is 24.2 Å². The number of likely N-dealkylation sites (tertiary alicyclic amines) is 1. The molecule has 1 aliphatic rings. The number of nitrogens with zero attached hydrogens (tertiary/aromatic N) is 1. The van der Waals surface area contributed by atoms with Gasteiger partial charge in [-0.1, -0.05) is 13.8 Å². The fraction of sp³-hybridized carbons (Fsp3) is 0.778. The molecule has 3 amide bonds. The Labute approximate surface area is 171 Å². The van der Waals surface area contributed by atoms with E-state index in [0.29, 0.717) is 6.54 Å². The highest BCUT2D eigenvalue weighted by molar-refractivity contribution is 5.91. The molecule has 1 saturated heterocycles. The Bertz CT molecular complexity index is 599. The molecular weight excluding hydrogens is 380 g/mol. The Morgan fingerprint density at radius 2 is 1.90 bits per heavy atom. The van der Waals surface area contributed by atoms with Crippen LogP contribution in [0, 0.1) is 11.3 Å². The van der Waals surface area contributed by atoms with Crippen LogP contribution in [-0.4, -0.2) is 77.8 Å². The fourth-order valence-electron chi connectivity index (χ4n) is 2.98. The number of hydrogen-bond donors (Lipinski definition) is 6. The Morgan fingerprint density at radius 1 is 1.24 bits per heavy atom. The largest absolute Gasteiger partial charge is 0.449 e. The van der Waals surface area contributed by atoms with Crippen molar-refractivity contribution in [2.24, 2.45) is 11.7 Å². The monoisotopic (exact) mass is 414 g/mol. The van der Waals surface area contributed by atoms with E-state index in [1.54, 1.807) is 4.90 Å². The molecule has 0 aromatic heterocycles. The summed E-state index contributed by atoms with van der Waals surface area (Å²) in [5.74, 6) is -1.01. The van der Waals surface area contributed by atoms with Gasteiger partial charge in [0.1, 0.15) is 12.1 Å². The summed E-state index contributed by atoms with van der Waals surface area (Å²) < 4.78 is 4.93. The number of nitrogens with two attached hydrogens (primary N) is 1. The zero-order valence-electron chi connectivity index (χ0n) is 17.5. The van der Waals surface area contributed by atoms with Gasteiger partial charge < -0.3 is 36.4 Å². The standard InChI is InChI=1S/C18H34N6O5/c1-10(2)9-29-18(28)23-14(8-25)16(27)21-11(3)15(26)22-13-6-5-7-24(12(13)4)17(19)20/h10-14,25H,5-9H2,1-4H3,(H3,19,20)(H,21,27)(H,22,26)(H,23,28)/t11-,12?,13?,14+/m0/s1. The molecule has 4 atom stereocenters. The molecule has 11 nitrogen and oxygen atoms in total. The molecule has 0 aromatic carbocycles. The summed E-state index contributed by atoms with van der Waals surface area (Å²) in [5.41, 5.74) is 5.57. The molecule has 29 heavy (non-hydrogen) atoms. The van der Waals surface area contributed by atoms with Crippen LogP contribution in [0.15, 0.2) is 0 Å². The molecule has 0 spiro atoms. The summed E-state index contributed by atoms with van der Waals surface area (Å²) in [4.78, 5) is 38.2. The van der Waals surface area contributed by atoms with Gasteiger partial charge in [-0.25, -0.2) is 4.79 Å². The van der Waals surface area contributed by atoms with E-state index in [1.165, 1.54) is 6.92 Å². The van der Waals surface area contributed by atoms with Crippen molar-refractivity contribution in [2.45, 2.75) is 64.7 Å². The number of hydrogen-bond acceptors (Lipinski definition) is 6. The van der Waals surface area contributed by atoms with E-state index in [-0.39, 0.29) is 30.6 Å². The normalized spacial score (nSPS) is 21.1. The lowest BCUT2D eigenvalue weighted by Crippen LogP contribution is -2.60. The van der Waals surface area contributed by atoms with E-state index < -0.39 is 36.6 Å². The van der Waals surface area contributed by atoms with Crippen LogP contribution in [0.1, 0.15) is 40.5 Å². The number of carbonyl (C=O) groups excluding carboxylic acids is 3. The number of aliphatic hydroxyl groups excluding tert-OH is 1. The fourth-order valence-corrected chi connectivity index (χ4v) is 2.98. The van der Waals surface area contributed by atoms with Crippen molar-refractivity contribution in [3.05, 3.63) is 0 Å². The van der Waals surface area contributed by atoms with Crippen LogP contribution in [0.2, 0.25) is 0 Å². The molecule has 0 radical (unpaired) electrons. The van der Waals surface area contributed by atoms with Crippen molar-refractivity contribution >= 4 is 23.9 Å². The minimum Gasteiger partial charge on any atom is -0.449 e. The van der Waals surface area contributed by atoms with E-state index in [9.17, 15) is 19.5 Å². The van der Waals surface area contributed by atoms with E-state index >= 15 is 0 Å². The second-order valence-corrected chi connectivity index (χ2v) is 7.68. The first kappa shape index (κ1) is 24.5. The number of amides is 3. The lowest BCUT2D eigenvalue weighted by atomic mass is 9.97. The third-order valence-corrected chi connectivity index (χ3v) is 4.72. The highest BCUT2D eigenvalue weighted by Crippen LogP contribution is 2.17. The maximum atomic E-state index is 12.5. The second-order valence-electron chi connectivity index (χ2n) is 7.68. The molecule has 0 aromatic rings. The maximum Gasteiger partial charge on any atom is 0.407 e. The Morgan fingerprint density at radius 3 is 2.45 bits per heavy atom. The van der Waals surface area contributed by atoms with E-state index in [4.69, 9.17) is 15.9 Å². The SMILES string of the molecule is CC(C)COC(=O)N[C@H](CO)C(=O)N[C@@H](C)C(=O)NC1CCCN(C(=N)N)C1C. The van der Waals surface area contributed by atoms with E-state index in [1.807, 2.05) is 20.8 Å². The first-order valence-electron chi connectivity index (χ1n) is 9.82. The minimum atomic E-state index is -1.23. The number of guanidine groups is 1. The number of nitrogens with one attached hydrogen (secondary N) is 4. The number of carbonyl (C=O) groups is 3. The topological polar surface area (TPSA) is 170 Å². The third-order valence-electron chi connectivity index (χ3n) is 4.72. The Balaban J connectivity index is 2.56. The smallest absolute Gasteiger partial charge is 0.407 e. The predicted molar refractivity (Wildman–Crippen MR) is 107 cm³/mol. The molecule has 7 N–H and O–H groups in total. The highest BCUT2D eigenvalue weighted by atomic mass is 16.5. The minimum absolute atomic E-state index is 0.0426. The molecule has 2 unspecified atom stereocenters. The van der Waals surface area contributed by atoms with Crippen molar-refractivity contribution in [1.82, 2.24) is 20.9 Å². The number of aliphatic hydroxyl groups is 1. The van der Waals surface area contributed by atoms with E-state index in [0.717, 1.165) is 12.8 Å². The summed E-state index contributed by atoms with van der Waals surface area (Å²) in [5, 5.41) is 24.6. The van der Waals surface area contributed by atoms with Crippen molar-refractivity contribution in [3.8, 4) is 0 Å². The highest BCUT2D eigenvalue weighted by Gasteiger charge is 2.31. The van der Waals surface area contributed by atoms with Gasteiger partial charge in [0.2, 0.25) is 11.8 Å². The van der Waals surface area contributed by atoms with Crippen LogP contribution < -0.4 is 21.7 Å². The summed E-state index contributed by atoms with van der Waals surface area (Å²) >= 11 is 0. The summed E-state index contributed by atoms with van der Waals surface area (Å²) in [6.45, 7) is 7.33. The van der Waals surface area contributed by atoms with Crippen LogP contribution in [0.4, 0.5) is 4.79 Å². The number of ether oxygens (including phenoxy) is 1. The predicted octanol–water partition coefficient (Wildman–Crippen LogP) is -0.903. The van der Waals surface area contributed by atoms with Gasteiger partial charge in [0.25, 0.3) is 0 Å². The van der Waals surface area contributed by atoms with Crippen molar-refractivity contribution in [2.75, 3.05) is 19.8 Å². The maximum absolute atomic E-state index is 12.5. The number of alkyl carbamates (subject to hydrolysis) is 1. The molecule has 1 rings (SSSR count). The molecule has 0 saturated carbocycles. The molecule has 1 heterocycles. The average Bonchev–Trinajstić information content (AvgIpc) is 2.65. The number of rotatable bonds is 8. The van der Waals surface area contributed by atoms with Crippen LogP contribution >= 0.6 is 0 Å². The van der Waals surface area contributed by atoms with Gasteiger partial charge in [0.15, 0.2) is 5.96 Å². The Kier molecular flexibility index (Phi) is 9.66. The van der Waals surface area contributed by atoms with Gasteiger partial charge >= 0.3 is 6.09 Å². The summed E-state index contributed by atoms with van der Waals surface area (Å²) in [7, 11) is 0. The van der Waals surface area contributed by atoms with Gasteiger partial charge in [-0.15, -0.1) is 0 Å². The molecule has 1 fully saturated rings. The second kappa shape index (κ2) is 11.4. The molecule has 166 valence electrons. The van der Waals surface area contributed by atoms with Crippen LogP contribution in [0.25, 0.3) is 0 Å². The molecular formula is C18H34N6O5. The zero-order valence-corrected chi connectivity index (χ0v) is 17.5. The van der Waals surface area contributed by atoms with Crippen LogP contribution in [0.5, 0.6) is 0 Å². The van der Waals surface area contributed by atoms with Crippen molar-refractivity contribution in [1.29, 1.82) is 5.41 Å². The molecule has 0 bridgehead atoms. The van der Waals surface area contributed by atoms with Gasteiger partial charge in [0.05, 0.1) is 13.2 Å². The van der Waals surface area contributed by atoms with Gasteiger partial charge in [-0.2, -0.15) is 0 Å². The zero-order chi connectivity index (χ0) is 22.1. The Hall–Kier alpha value is -2.56.